The van der Waals surface area contributed by atoms with E-state index in [4.69, 9.17) is 14.8 Å². The van der Waals surface area contributed by atoms with Gasteiger partial charge in [0.05, 0.1) is 36.2 Å². The number of carboxylic acids is 1. The molecule has 1 atom stereocenters. The molecule has 3 aromatic rings. The molecule has 12 heteroatoms. The SMILES string of the molecule is CCCn1ccc(=O)c(OCc2c(-c3ccc(N4C[C@@H](CC(=O)O)CC(F)(F)C4)c(CC)n3)nnn2C)c1. The lowest BCUT2D eigenvalue weighted by molar-refractivity contribution is -0.139. The summed E-state index contributed by atoms with van der Waals surface area (Å²) in [6.45, 7) is 4.43. The molecule has 1 fully saturated rings. The lowest BCUT2D eigenvalue weighted by atomic mass is 9.91. The van der Waals surface area contributed by atoms with Gasteiger partial charge in [-0.15, -0.1) is 5.10 Å². The standard InChI is InChI=1S/C26H32F2N6O4/c1-4-9-33-10-8-22(35)23(14-33)38-15-21-25(30-31-32(21)3)19-6-7-20(18(5-2)29-19)34-13-17(11-24(36)37)12-26(27,28)16-34/h6-8,10,14,17H,4-5,9,11-13,15-16H2,1-3H3,(H,36,37)/t17-/m0/s1. The van der Waals surface area contributed by atoms with E-state index in [-0.39, 0.29) is 30.8 Å². The molecule has 204 valence electrons. The minimum atomic E-state index is -3.00. The summed E-state index contributed by atoms with van der Waals surface area (Å²) in [5, 5.41) is 17.5. The van der Waals surface area contributed by atoms with Crippen LogP contribution in [0, 0.1) is 5.92 Å². The fourth-order valence-electron chi connectivity index (χ4n) is 4.84. The molecule has 0 aromatic carbocycles. The van der Waals surface area contributed by atoms with Crippen LogP contribution in [0.1, 0.15) is 44.5 Å². The molecule has 4 heterocycles. The Kier molecular flexibility index (Phi) is 8.08. The first-order valence-electron chi connectivity index (χ1n) is 12.7. The molecular formula is C26H32F2N6O4. The van der Waals surface area contributed by atoms with E-state index in [0.717, 1.165) is 13.0 Å². The molecule has 0 spiro atoms. The number of carboxylic acid groups (broad SMARTS) is 1. The summed E-state index contributed by atoms with van der Waals surface area (Å²) in [7, 11) is 1.71. The van der Waals surface area contributed by atoms with Crippen LogP contribution in [0.5, 0.6) is 5.75 Å². The van der Waals surface area contributed by atoms with Gasteiger partial charge in [-0.25, -0.2) is 18.4 Å². The molecule has 1 N–H and O–H groups in total. The van der Waals surface area contributed by atoms with Gasteiger partial charge in [-0.1, -0.05) is 19.1 Å². The zero-order valence-electron chi connectivity index (χ0n) is 21.7. The first-order valence-corrected chi connectivity index (χ1v) is 12.7. The maximum absolute atomic E-state index is 14.5. The van der Waals surface area contributed by atoms with Crippen molar-refractivity contribution in [2.45, 2.75) is 58.6 Å². The van der Waals surface area contributed by atoms with E-state index < -0.39 is 30.8 Å². The number of hydrogen-bond acceptors (Lipinski definition) is 7. The van der Waals surface area contributed by atoms with Crippen molar-refractivity contribution in [2.75, 3.05) is 18.0 Å². The van der Waals surface area contributed by atoms with E-state index in [1.807, 2.05) is 18.4 Å². The number of rotatable bonds is 10. The summed E-state index contributed by atoms with van der Waals surface area (Å²) in [4.78, 5) is 29.7. The normalized spacial score (nSPS) is 17.0. The third-order valence-corrected chi connectivity index (χ3v) is 6.55. The molecule has 0 radical (unpaired) electrons. The van der Waals surface area contributed by atoms with Gasteiger partial charge >= 0.3 is 5.97 Å². The first kappa shape index (κ1) is 27.2. The van der Waals surface area contributed by atoms with Crippen LogP contribution in [0.3, 0.4) is 0 Å². The van der Waals surface area contributed by atoms with Crippen molar-refractivity contribution in [1.29, 1.82) is 0 Å². The summed E-state index contributed by atoms with van der Waals surface area (Å²) < 4.78 is 38.3. The Labute approximate surface area is 218 Å². The molecule has 1 saturated heterocycles. The van der Waals surface area contributed by atoms with Crippen molar-refractivity contribution in [3.05, 3.63) is 52.2 Å². The van der Waals surface area contributed by atoms with Gasteiger partial charge in [0.1, 0.15) is 18.0 Å². The van der Waals surface area contributed by atoms with Crippen molar-refractivity contribution in [3.8, 4) is 17.1 Å². The number of carbonyl (C=O) groups is 1. The summed E-state index contributed by atoms with van der Waals surface area (Å²) in [6, 6.07) is 4.88. The lowest BCUT2D eigenvalue weighted by Crippen LogP contribution is -2.48. The second kappa shape index (κ2) is 11.3. The zero-order valence-corrected chi connectivity index (χ0v) is 21.7. The van der Waals surface area contributed by atoms with Crippen LogP contribution in [0.4, 0.5) is 14.5 Å². The average Bonchev–Trinajstić information content (AvgIpc) is 3.22. The Morgan fingerprint density at radius 3 is 2.76 bits per heavy atom. The number of pyridine rings is 2. The molecule has 3 aromatic heterocycles. The van der Waals surface area contributed by atoms with E-state index in [9.17, 15) is 18.4 Å². The highest BCUT2D eigenvalue weighted by molar-refractivity contribution is 5.67. The van der Waals surface area contributed by atoms with Gasteiger partial charge in [0.25, 0.3) is 5.92 Å². The largest absolute Gasteiger partial charge is 0.482 e. The maximum atomic E-state index is 14.5. The first-order chi connectivity index (χ1) is 18.1. The number of anilines is 1. The number of aliphatic carboxylic acids is 1. The fourth-order valence-corrected chi connectivity index (χ4v) is 4.84. The molecule has 0 amide bonds. The quantitative estimate of drug-likeness (QED) is 0.423. The van der Waals surface area contributed by atoms with Crippen LogP contribution in [0.25, 0.3) is 11.4 Å². The lowest BCUT2D eigenvalue weighted by Gasteiger charge is -2.39. The zero-order chi connectivity index (χ0) is 27.4. The topological polar surface area (TPSA) is 115 Å². The smallest absolute Gasteiger partial charge is 0.303 e. The van der Waals surface area contributed by atoms with Crippen LogP contribution in [-0.4, -0.2) is 54.6 Å². The Morgan fingerprint density at radius 2 is 2.05 bits per heavy atom. The van der Waals surface area contributed by atoms with Gasteiger partial charge in [0, 0.05) is 38.8 Å². The van der Waals surface area contributed by atoms with Gasteiger partial charge in [0.2, 0.25) is 5.43 Å². The van der Waals surface area contributed by atoms with Crippen molar-refractivity contribution in [1.82, 2.24) is 24.5 Å². The van der Waals surface area contributed by atoms with E-state index in [1.54, 1.807) is 36.3 Å². The molecule has 1 aliphatic rings. The minimum absolute atomic E-state index is 0.0321. The molecule has 0 unspecified atom stereocenters. The van der Waals surface area contributed by atoms with Crippen LogP contribution in [0.2, 0.25) is 0 Å². The number of aryl methyl sites for hydroxylation is 3. The number of aromatic nitrogens is 5. The molecule has 1 aliphatic heterocycles. The average molecular weight is 531 g/mol. The number of ether oxygens (including phenoxy) is 1. The number of alkyl halides is 2. The second-order valence-corrected chi connectivity index (χ2v) is 9.63. The van der Waals surface area contributed by atoms with Crippen molar-refractivity contribution < 1.29 is 23.4 Å². The monoisotopic (exact) mass is 530 g/mol. The van der Waals surface area contributed by atoms with E-state index in [0.29, 0.717) is 34.9 Å². The highest BCUT2D eigenvalue weighted by Crippen LogP contribution is 2.36. The number of halogens is 2. The van der Waals surface area contributed by atoms with Gasteiger partial charge in [0.15, 0.2) is 5.75 Å². The highest BCUT2D eigenvalue weighted by Gasteiger charge is 2.41. The summed E-state index contributed by atoms with van der Waals surface area (Å²) in [6.07, 6.45) is 4.01. The van der Waals surface area contributed by atoms with Gasteiger partial charge in [-0.05, 0) is 30.9 Å². The molecule has 10 nitrogen and oxygen atoms in total. The third-order valence-electron chi connectivity index (χ3n) is 6.55. The van der Waals surface area contributed by atoms with Crippen molar-refractivity contribution in [3.63, 3.8) is 0 Å². The van der Waals surface area contributed by atoms with Gasteiger partial charge in [-0.2, -0.15) is 0 Å². The summed E-state index contributed by atoms with van der Waals surface area (Å²) >= 11 is 0. The van der Waals surface area contributed by atoms with E-state index >= 15 is 0 Å². The Bertz CT molecular complexity index is 1360. The Morgan fingerprint density at radius 1 is 1.26 bits per heavy atom. The van der Waals surface area contributed by atoms with Crippen LogP contribution in [0.15, 0.2) is 35.4 Å². The summed E-state index contributed by atoms with van der Waals surface area (Å²) in [5.74, 6) is -4.53. The fraction of sp³-hybridized carbons (Fsp3) is 0.500. The molecular weight excluding hydrogens is 498 g/mol. The molecule has 0 aliphatic carbocycles. The Balaban J connectivity index is 1.59. The number of hydrogen-bond donors (Lipinski definition) is 1. The van der Waals surface area contributed by atoms with Crippen molar-refractivity contribution >= 4 is 11.7 Å². The predicted molar refractivity (Wildman–Crippen MR) is 136 cm³/mol. The minimum Gasteiger partial charge on any atom is -0.482 e. The third kappa shape index (κ3) is 6.17. The van der Waals surface area contributed by atoms with Crippen LogP contribution in [-0.2, 0) is 31.4 Å². The van der Waals surface area contributed by atoms with Crippen LogP contribution >= 0.6 is 0 Å². The molecule has 4 rings (SSSR count). The second-order valence-electron chi connectivity index (χ2n) is 9.63. The van der Waals surface area contributed by atoms with Gasteiger partial charge in [-0.3, -0.25) is 9.59 Å². The molecule has 0 saturated carbocycles. The number of piperidine rings is 1. The molecule has 0 bridgehead atoms. The van der Waals surface area contributed by atoms with E-state index in [2.05, 4.69) is 10.3 Å². The van der Waals surface area contributed by atoms with Crippen molar-refractivity contribution in [2.24, 2.45) is 13.0 Å². The highest BCUT2D eigenvalue weighted by atomic mass is 19.3. The predicted octanol–water partition coefficient (Wildman–Crippen LogP) is 3.53. The Hall–Kier alpha value is -3.83. The van der Waals surface area contributed by atoms with Gasteiger partial charge < -0.3 is 19.3 Å². The number of nitrogens with zero attached hydrogens (tertiary/aromatic N) is 6. The van der Waals surface area contributed by atoms with Crippen LogP contribution < -0.4 is 15.1 Å². The summed E-state index contributed by atoms with van der Waals surface area (Å²) in [5.41, 5.74) is 2.48. The van der Waals surface area contributed by atoms with E-state index in [1.165, 1.54) is 11.0 Å². The maximum Gasteiger partial charge on any atom is 0.303 e. The molecule has 38 heavy (non-hydrogen) atoms.